The van der Waals surface area contributed by atoms with E-state index >= 15 is 0 Å². The van der Waals surface area contributed by atoms with Crippen molar-refractivity contribution in [2.45, 2.75) is 12.5 Å². The lowest BCUT2D eigenvalue weighted by atomic mass is 9.95. The summed E-state index contributed by atoms with van der Waals surface area (Å²) in [7, 11) is 0. The van der Waals surface area contributed by atoms with Gasteiger partial charge in [0, 0.05) is 6.54 Å². The SMILES string of the molecule is Cc1cccc(OCC(O)(CN)c2ccccc2)c1F. The van der Waals surface area contributed by atoms with Gasteiger partial charge >= 0.3 is 0 Å². The zero-order chi connectivity index (χ0) is 14.6. The molecule has 1 atom stereocenters. The second-order valence-electron chi connectivity index (χ2n) is 4.78. The van der Waals surface area contributed by atoms with Crippen LogP contribution in [0.1, 0.15) is 11.1 Å². The molecular weight excluding hydrogens is 257 g/mol. The van der Waals surface area contributed by atoms with Gasteiger partial charge in [-0.2, -0.15) is 0 Å². The molecule has 0 saturated carbocycles. The normalized spacial score (nSPS) is 13.8. The van der Waals surface area contributed by atoms with Gasteiger partial charge in [-0.05, 0) is 24.1 Å². The van der Waals surface area contributed by atoms with E-state index in [9.17, 15) is 9.50 Å². The maximum Gasteiger partial charge on any atom is 0.167 e. The van der Waals surface area contributed by atoms with Crippen LogP contribution in [-0.2, 0) is 5.60 Å². The summed E-state index contributed by atoms with van der Waals surface area (Å²) in [5.74, 6) is -0.298. The molecule has 0 amide bonds. The molecule has 0 spiro atoms. The van der Waals surface area contributed by atoms with Crippen LogP contribution in [0.4, 0.5) is 4.39 Å². The van der Waals surface area contributed by atoms with E-state index in [4.69, 9.17) is 10.5 Å². The quantitative estimate of drug-likeness (QED) is 0.880. The van der Waals surface area contributed by atoms with Crippen LogP contribution in [0.5, 0.6) is 5.75 Å². The maximum absolute atomic E-state index is 13.8. The summed E-state index contributed by atoms with van der Waals surface area (Å²) in [6.07, 6.45) is 0. The van der Waals surface area contributed by atoms with Crippen molar-refractivity contribution >= 4 is 0 Å². The number of aliphatic hydroxyl groups is 1. The van der Waals surface area contributed by atoms with E-state index in [1.807, 2.05) is 18.2 Å². The van der Waals surface area contributed by atoms with Gasteiger partial charge in [-0.1, -0.05) is 42.5 Å². The fourth-order valence-electron chi connectivity index (χ4n) is 1.94. The molecule has 0 aliphatic carbocycles. The number of rotatable bonds is 5. The average molecular weight is 275 g/mol. The van der Waals surface area contributed by atoms with E-state index in [1.54, 1.807) is 31.2 Å². The monoisotopic (exact) mass is 275 g/mol. The van der Waals surface area contributed by atoms with Gasteiger partial charge in [-0.3, -0.25) is 0 Å². The first-order valence-corrected chi connectivity index (χ1v) is 6.43. The molecule has 0 aromatic heterocycles. The van der Waals surface area contributed by atoms with E-state index < -0.39 is 11.4 Å². The first-order chi connectivity index (χ1) is 9.57. The predicted octanol–water partition coefficient (Wildman–Crippen LogP) is 2.36. The van der Waals surface area contributed by atoms with E-state index in [0.717, 1.165) is 0 Å². The Bertz CT molecular complexity index is 574. The third-order valence-electron chi connectivity index (χ3n) is 3.27. The highest BCUT2D eigenvalue weighted by Crippen LogP contribution is 2.24. The summed E-state index contributed by atoms with van der Waals surface area (Å²) in [6, 6.07) is 13.9. The molecule has 20 heavy (non-hydrogen) atoms. The van der Waals surface area contributed by atoms with Gasteiger partial charge in [-0.15, -0.1) is 0 Å². The molecule has 0 saturated heterocycles. The molecule has 1 unspecified atom stereocenters. The highest BCUT2D eigenvalue weighted by molar-refractivity contribution is 5.31. The number of halogens is 1. The summed E-state index contributed by atoms with van der Waals surface area (Å²) >= 11 is 0. The molecule has 2 rings (SSSR count). The van der Waals surface area contributed by atoms with Gasteiger partial charge in [0.1, 0.15) is 12.2 Å². The highest BCUT2D eigenvalue weighted by atomic mass is 19.1. The Labute approximate surface area is 117 Å². The van der Waals surface area contributed by atoms with Crippen LogP contribution in [0.25, 0.3) is 0 Å². The minimum atomic E-state index is -1.34. The Kier molecular flexibility index (Phi) is 4.37. The van der Waals surface area contributed by atoms with Gasteiger partial charge in [0.2, 0.25) is 0 Å². The summed E-state index contributed by atoms with van der Waals surface area (Å²) < 4.78 is 19.3. The molecule has 0 radical (unpaired) electrons. The van der Waals surface area contributed by atoms with Crippen LogP contribution in [-0.4, -0.2) is 18.3 Å². The van der Waals surface area contributed by atoms with Crippen LogP contribution >= 0.6 is 0 Å². The predicted molar refractivity (Wildman–Crippen MR) is 76.0 cm³/mol. The van der Waals surface area contributed by atoms with Crippen molar-refractivity contribution in [2.75, 3.05) is 13.2 Å². The molecule has 4 heteroatoms. The minimum Gasteiger partial charge on any atom is -0.487 e. The van der Waals surface area contributed by atoms with Crippen LogP contribution in [0.2, 0.25) is 0 Å². The van der Waals surface area contributed by atoms with Crippen molar-refractivity contribution in [3.63, 3.8) is 0 Å². The molecule has 2 aromatic carbocycles. The van der Waals surface area contributed by atoms with Crippen LogP contribution in [0, 0.1) is 12.7 Å². The molecule has 3 nitrogen and oxygen atoms in total. The Morgan fingerprint density at radius 1 is 1.15 bits per heavy atom. The largest absolute Gasteiger partial charge is 0.487 e. The van der Waals surface area contributed by atoms with Crippen molar-refractivity contribution in [1.82, 2.24) is 0 Å². The van der Waals surface area contributed by atoms with Crippen molar-refractivity contribution in [2.24, 2.45) is 5.73 Å². The third kappa shape index (κ3) is 2.98. The molecule has 106 valence electrons. The van der Waals surface area contributed by atoms with Crippen molar-refractivity contribution < 1.29 is 14.2 Å². The lowest BCUT2D eigenvalue weighted by molar-refractivity contribution is -0.00257. The Balaban J connectivity index is 2.17. The second kappa shape index (κ2) is 6.03. The van der Waals surface area contributed by atoms with Crippen LogP contribution in [0.15, 0.2) is 48.5 Å². The summed E-state index contributed by atoms with van der Waals surface area (Å²) in [4.78, 5) is 0. The first kappa shape index (κ1) is 14.5. The Hall–Kier alpha value is -1.91. The van der Waals surface area contributed by atoms with Crippen molar-refractivity contribution in [3.05, 3.63) is 65.5 Å². The molecule has 3 N–H and O–H groups in total. The zero-order valence-corrected chi connectivity index (χ0v) is 11.3. The maximum atomic E-state index is 13.8. The average Bonchev–Trinajstić information content (AvgIpc) is 2.49. The smallest absolute Gasteiger partial charge is 0.167 e. The van der Waals surface area contributed by atoms with E-state index in [0.29, 0.717) is 11.1 Å². The number of hydrogen-bond acceptors (Lipinski definition) is 3. The van der Waals surface area contributed by atoms with Gasteiger partial charge in [0.25, 0.3) is 0 Å². The van der Waals surface area contributed by atoms with Crippen molar-refractivity contribution in [1.29, 1.82) is 0 Å². The molecule has 0 bridgehead atoms. The molecule has 0 aliphatic rings. The van der Waals surface area contributed by atoms with Gasteiger partial charge in [0.05, 0.1) is 0 Å². The van der Waals surface area contributed by atoms with Gasteiger partial charge in [0.15, 0.2) is 11.6 Å². The Morgan fingerprint density at radius 3 is 2.50 bits per heavy atom. The van der Waals surface area contributed by atoms with Gasteiger partial charge < -0.3 is 15.6 Å². The summed E-state index contributed by atoms with van der Waals surface area (Å²) in [6.45, 7) is 1.55. The second-order valence-corrected chi connectivity index (χ2v) is 4.78. The minimum absolute atomic E-state index is 0.00948. The third-order valence-corrected chi connectivity index (χ3v) is 3.27. The number of benzene rings is 2. The topological polar surface area (TPSA) is 55.5 Å². The number of nitrogens with two attached hydrogens (primary N) is 1. The lowest BCUT2D eigenvalue weighted by Crippen LogP contribution is -2.40. The molecule has 0 heterocycles. The molecule has 0 fully saturated rings. The first-order valence-electron chi connectivity index (χ1n) is 6.43. The number of aryl methyl sites for hydroxylation is 1. The molecule has 2 aromatic rings. The standard InChI is InChI=1S/C16H18FNO2/c1-12-6-5-9-14(15(12)17)20-11-16(19,10-18)13-7-3-2-4-8-13/h2-9,19H,10-11,18H2,1H3. The zero-order valence-electron chi connectivity index (χ0n) is 11.3. The van der Waals surface area contributed by atoms with Crippen LogP contribution < -0.4 is 10.5 Å². The summed E-state index contributed by atoms with van der Waals surface area (Å²) in [5, 5.41) is 10.5. The van der Waals surface area contributed by atoms with E-state index in [1.165, 1.54) is 6.07 Å². The Morgan fingerprint density at radius 2 is 1.85 bits per heavy atom. The van der Waals surface area contributed by atoms with Gasteiger partial charge in [-0.25, -0.2) is 4.39 Å². The number of hydrogen-bond donors (Lipinski definition) is 2. The lowest BCUT2D eigenvalue weighted by Gasteiger charge is -2.27. The van der Waals surface area contributed by atoms with Crippen molar-refractivity contribution in [3.8, 4) is 5.75 Å². The highest BCUT2D eigenvalue weighted by Gasteiger charge is 2.29. The fourth-order valence-corrected chi connectivity index (χ4v) is 1.94. The summed E-state index contributed by atoms with van der Waals surface area (Å²) in [5.41, 5.74) is 5.46. The number of ether oxygens (including phenoxy) is 1. The van der Waals surface area contributed by atoms with E-state index in [2.05, 4.69) is 0 Å². The van der Waals surface area contributed by atoms with E-state index in [-0.39, 0.29) is 18.9 Å². The fraction of sp³-hybridized carbons (Fsp3) is 0.250. The molecular formula is C16H18FNO2. The van der Waals surface area contributed by atoms with Crippen LogP contribution in [0.3, 0.4) is 0 Å². The molecule has 0 aliphatic heterocycles.